The van der Waals surface area contributed by atoms with Crippen LogP contribution in [0.1, 0.15) is 97.9 Å². The van der Waals surface area contributed by atoms with E-state index in [0.29, 0.717) is 24.5 Å². The van der Waals surface area contributed by atoms with E-state index in [1.54, 1.807) is 0 Å². The molecule has 6 rings (SSSR count). The largest absolute Gasteiger partial charge is 0.463 e. The molecule has 214 valence electrons. The Labute approximate surface area is 243 Å². The number of fused-ring (bicyclic) bond motifs is 1. The SMILES string of the molecule is CCOC(=O)C1=C(CCC2CCCC2)NC2=C(C(=O)CC(c3c(C)cc(C)cc3C)C2)C1c1cccc2[nH]ccc12. The van der Waals surface area contributed by atoms with Crippen molar-refractivity contribution in [2.24, 2.45) is 5.92 Å². The molecule has 3 aromatic rings. The Morgan fingerprint density at radius 2 is 1.78 bits per heavy atom. The smallest absolute Gasteiger partial charge is 0.336 e. The number of H-pyrrole nitrogens is 1. The van der Waals surface area contributed by atoms with Gasteiger partial charge in [-0.3, -0.25) is 4.79 Å². The summed E-state index contributed by atoms with van der Waals surface area (Å²) < 4.78 is 5.70. The van der Waals surface area contributed by atoms with Gasteiger partial charge in [-0.2, -0.15) is 0 Å². The van der Waals surface area contributed by atoms with E-state index >= 15 is 0 Å². The molecule has 5 heteroatoms. The topological polar surface area (TPSA) is 71.2 Å². The van der Waals surface area contributed by atoms with Crippen LogP contribution in [0.5, 0.6) is 0 Å². The average Bonchev–Trinajstić information content (AvgIpc) is 3.63. The molecule has 2 N–H and O–H groups in total. The highest BCUT2D eigenvalue weighted by molar-refractivity contribution is 6.05. The number of dihydropyridines is 1. The molecule has 0 amide bonds. The highest BCUT2D eigenvalue weighted by atomic mass is 16.5. The lowest BCUT2D eigenvalue weighted by Gasteiger charge is -2.38. The quantitative estimate of drug-likeness (QED) is 0.293. The first-order valence-electron chi connectivity index (χ1n) is 15.4. The van der Waals surface area contributed by atoms with E-state index in [1.165, 1.54) is 47.9 Å². The second-order valence-corrected chi connectivity index (χ2v) is 12.4. The Bertz CT molecular complexity index is 1540. The predicted octanol–water partition coefficient (Wildman–Crippen LogP) is 7.97. The number of aromatic amines is 1. The van der Waals surface area contributed by atoms with Crippen LogP contribution >= 0.6 is 0 Å². The number of rotatable bonds is 7. The summed E-state index contributed by atoms with van der Waals surface area (Å²) in [5, 5.41) is 4.77. The zero-order chi connectivity index (χ0) is 28.7. The molecule has 41 heavy (non-hydrogen) atoms. The molecule has 1 saturated carbocycles. The number of nitrogens with one attached hydrogen (secondary N) is 2. The zero-order valence-electron chi connectivity index (χ0n) is 24.9. The summed E-state index contributed by atoms with van der Waals surface area (Å²) >= 11 is 0. The van der Waals surface area contributed by atoms with Gasteiger partial charge in [-0.05, 0) is 93.2 Å². The van der Waals surface area contributed by atoms with Crippen molar-refractivity contribution in [1.82, 2.24) is 10.3 Å². The number of carbonyl (C=O) groups excluding carboxylic acids is 2. The summed E-state index contributed by atoms with van der Waals surface area (Å²) in [7, 11) is 0. The molecule has 2 aliphatic carbocycles. The fourth-order valence-electron chi connectivity index (χ4n) is 7.96. The zero-order valence-corrected chi connectivity index (χ0v) is 24.9. The Balaban J connectivity index is 1.49. The molecule has 0 spiro atoms. The van der Waals surface area contributed by atoms with Crippen LogP contribution in [-0.4, -0.2) is 23.3 Å². The third kappa shape index (κ3) is 5.16. The van der Waals surface area contributed by atoms with E-state index in [0.717, 1.165) is 52.7 Å². The molecule has 2 aromatic carbocycles. The van der Waals surface area contributed by atoms with E-state index < -0.39 is 5.92 Å². The lowest BCUT2D eigenvalue weighted by Crippen LogP contribution is -2.37. The van der Waals surface area contributed by atoms with Crippen molar-refractivity contribution in [3.8, 4) is 0 Å². The van der Waals surface area contributed by atoms with Gasteiger partial charge in [0.05, 0.1) is 12.2 Å². The number of hydrogen-bond acceptors (Lipinski definition) is 4. The van der Waals surface area contributed by atoms with E-state index in [9.17, 15) is 9.59 Å². The van der Waals surface area contributed by atoms with Crippen LogP contribution in [0.25, 0.3) is 10.9 Å². The maximum absolute atomic E-state index is 14.3. The molecule has 2 unspecified atom stereocenters. The lowest BCUT2D eigenvalue weighted by atomic mass is 9.70. The molecule has 5 nitrogen and oxygen atoms in total. The van der Waals surface area contributed by atoms with Gasteiger partial charge in [0.15, 0.2) is 5.78 Å². The number of Topliss-reactive ketones (excluding diaryl/α,β-unsaturated/α-hetero) is 1. The van der Waals surface area contributed by atoms with E-state index in [-0.39, 0.29) is 17.7 Å². The van der Waals surface area contributed by atoms with Crippen LogP contribution in [0.15, 0.2) is 65.1 Å². The van der Waals surface area contributed by atoms with Gasteiger partial charge in [0, 0.05) is 46.4 Å². The van der Waals surface area contributed by atoms with Gasteiger partial charge in [0.2, 0.25) is 0 Å². The van der Waals surface area contributed by atoms with Crippen LogP contribution in [-0.2, 0) is 14.3 Å². The number of ether oxygens (including phenoxy) is 1. The third-order valence-electron chi connectivity index (χ3n) is 9.57. The maximum atomic E-state index is 14.3. The van der Waals surface area contributed by atoms with Crippen LogP contribution in [0.2, 0.25) is 0 Å². The number of ketones is 1. The minimum absolute atomic E-state index is 0.110. The summed E-state index contributed by atoms with van der Waals surface area (Å²) in [6, 6.07) is 12.7. The standard InChI is InChI=1S/C36H42N2O3/c1-5-41-36(40)35-29(14-13-24-9-6-7-10-24)38-30-19-25(32-22(3)17-21(2)18-23(32)4)20-31(39)34(30)33(35)27-11-8-12-28-26(27)15-16-37-28/h8,11-12,15-18,24-25,33,37-38H,5-7,9-10,13-14,19-20H2,1-4H3. The van der Waals surface area contributed by atoms with Gasteiger partial charge in [0.1, 0.15) is 0 Å². The second kappa shape index (κ2) is 11.3. The van der Waals surface area contributed by atoms with Gasteiger partial charge >= 0.3 is 5.97 Å². The van der Waals surface area contributed by atoms with Crippen LogP contribution in [0, 0.1) is 26.7 Å². The second-order valence-electron chi connectivity index (χ2n) is 12.4. The molecule has 3 aliphatic rings. The number of benzene rings is 2. The molecular weight excluding hydrogens is 508 g/mol. The van der Waals surface area contributed by atoms with Gasteiger partial charge in [-0.15, -0.1) is 0 Å². The van der Waals surface area contributed by atoms with Crippen molar-refractivity contribution < 1.29 is 14.3 Å². The first-order chi connectivity index (χ1) is 19.9. The fourth-order valence-corrected chi connectivity index (χ4v) is 7.96. The van der Waals surface area contributed by atoms with Crippen molar-refractivity contribution in [3.63, 3.8) is 0 Å². The maximum Gasteiger partial charge on any atom is 0.336 e. The van der Waals surface area contributed by atoms with Crippen molar-refractivity contribution in [2.75, 3.05) is 6.61 Å². The lowest BCUT2D eigenvalue weighted by molar-refractivity contribution is -0.138. The van der Waals surface area contributed by atoms with Crippen LogP contribution < -0.4 is 5.32 Å². The Kier molecular flexibility index (Phi) is 7.63. The predicted molar refractivity (Wildman–Crippen MR) is 164 cm³/mol. The van der Waals surface area contributed by atoms with E-state index in [2.05, 4.69) is 55.3 Å². The third-order valence-corrected chi connectivity index (χ3v) is 9.57. The highest BCUT2D eigenvalue weighted by Crippen LogP contribution is 2.48. The molecule has 2 atom stereocenters. The number of hydrogen-bond donors (Lipinski definition) is 2. The van der Waals surface area contributed by atoms with Gasteiger partial charge in [0.25, 0.3) is 0 Å². The average molecular weight is 551 g/mol. The monoisotopic (exact) mass is 550 g/mol. The molecule has 1 fully saturated rings. The molecule has 1 aromatic heterocycles. The van der Waals surface area contributed by atoms with Crippen molar-refractivity contribution >= 4 is 22.7 Å². The summed E-state index contributed by atoms with van der Waals surface area (Å²) in [5.74, 6) is 0.159. The first-order valence-corrected chi connectivity index (χ1v) is 15.4. The normalized spacial score (nSPS) is 21.4. The molecule has 0 bridgehead atoms. The number of carbonyl (C=O) groups is 2. The summed E-state index contributed by atoms with van der Waals surface area (Å²) in [6.07, 6.45) is 10.1. The van der Waals surface area contributed by atoms with Crippen LogP contribution in [0.3, 0.4) is 0 Å². The van der Waals surface area contributed by atoms with Gasteiger partial charge < -0.3 is 15.0 Å². The van der Waals surface area contributed by atoms with E-state index in [4.69, 9.17) is 4.74 Å². The van der Waals surface area contributed by atoms with Crippen molar-refractivity contribution in [2.45, 2.75) is 90.9 Å². The Morgan fingerprint density at radius 3 is 2.51 bits per heavy atom. The molecule has 1 aliphatic heterocycles. The number of allylic oxidation sites excluding steroid dienone is 3. The number of aryl methyl sites for hydroxylation is 3. The van der Waals surface area contributed by atoms with Crippen molar-refractivity contribution in [3.05, 3.63) is 93.0 Å². The van der Waals surface area contributed by atoms with Crippen LogP contribution in [0.4, 0.5) is 0 Å². The molecule has 0 saturated heterocycles. The summed E-state index contributed by atoms with van der Waals surface area (Å²) in [4.78, 5) is 31.4. The molecule has 0 radical (unpaired) electrons. The molecule has 2 heterocycles. The molecular formula is C36H42N2O3. The number of esters is 1. The fraction of sp³-hybridized carbons (Fsp3) is 0.444. The van der Waals surface area contributed by atoms with Gasteiger partial charge in [-0.25, -0.2) is 4.79 Å². The highest BCUT2D eigenvalue weighted by Gasteiger charge is 2.43. The number of aromatic nitrogens is 1. The summed E-state index contributed by atoms with van der Waals surface area (Å²) in [6.45, 7) is 8.61. The first kappa shape index (κ1) is 27.6. The van der Waals surface area contributed by atoms with Gasteiger partial charge in [-0.1, -0.05) is 55.5 Å². The van der Waals surface area contributed by atoms with E-state index in [1.807, 2.05) is 25.3 Å². The minimum Gasteiger partial charge on any atom is -0.463 e. The summed E-state index contributed by atoms with van der Waals surface area (Å²) in [5.41, 5.74) is 10.3. The Hall–Kier alpha value is -3.60. The Morgan fingerprint density at radius 1 is 1.02 bits per heavy atom. The minimum atomic E-state index is -0.447. The van der Waals surface area contributed by atoms with Crippen molar-refractivity contribution in [1.29, 1.82) is 0 Å².